The van der Waals surface area contributed by atoms with Crippen LogP contribution in [-0.2, 0) is 5.75 Å². The van der Waals surface area contributed by atoms with Gasteiger partial charge in [-0.1, -0.05) is 30.0 Å². The zero-order chi connectivity index (χ0) is 23.5. The van der Waals surface area contributed by atoms with Crippen molar-refractivity contribution >= 4 is 51.6 Å². The number of aromatic nitrogens is 1. The first-order valence-corrected chi connectivity index (χ1v) is 12.0. The van der Waals surface area contributed by atoms with Crippen LogP contribution in [0.25, 0.3) is 11.0 Å². The average molecular weight is 482 g/mol. The quantitative estimate of drug-likeness (QED) is 0.353. The summed E-state index contributed by atoms with van der Waals surface area (Å²) in [4.78, 5) is 31.7. The van der Waals surface area contributed by atoms with Gasteiger partial charge in [0, 0.05) is 47.4 Å². The molecule has 0 saturated heterocycles. The molecule has 0 unspecified atom stereocenters. The summed E-state index contributed by atoms with van der Waals surface area (Å²) in [5.74, 6) is 0.619. The molecule has 2 aromatic heterocycles. The fourth-order valence-corrected chi connectivity index (χ4v) is 5.21. The van der Waals surface area contributed by atoms with Gasteiger partial charge in [0.25, 0.3) is 11.8 Å². The van der Waals surface area contributed by atoms with E-state index < -0.39 is 5.91 Å². The van der Waals surface area contributed by atoms with Crippen molar-refractivity contribution in [3.05, 3.63) is 70.4 Å². The second kappa shape index (κ2) is 9.68. The van der Waals surface area contributed by atoms with Gasteiger partial charge in [0.1, 0.15) is 15.7 Å². The van der Waals surface area contributed by atoms with Crippen LogP contribution in [0.2, 0.25) is 0 Å². The van der Waals surface area contributed by atoms with Crippen LogP contribution in [0.15, 0.2) is 56.6 Å². The van der Waals surface area contributed by atoms with E-state index in [1.807, 2.05) is 36.6 Å². The van der Waals surface area contributed by atoms with Crippen LogP contribution < -0.4 is 10.1 Å². The van der Waals surface area contributed by atoms with Gasteiger partial charge >= 0.3 is 0 Å². The largest absolute Gasteiger partial charge is 0.495 e. The Kier molecular flexibility index (Phi) is 6.71. The van der Waals surface area contributed by atoms with E-state index in [2.05, 4.69) is 10.3 Å². The molecule has 4 rings (SSSR count). The third-order valence-electron chi connectivity index (χ3n) is 4.94. The van der Waals surface area contributed by atoms with Gasteiger partial charge in [-0.25, -0.2) is 4.98 Å². The molecule has 0 fully saturated rings. The summed E-state index contributed by atoms with van der Waals surface area (Å²) in [6.07, 6.45) is 0. The van der Waals surface area contributed by atoms with E-state index in [-0.39, 0.29) is 11.7 Å². The zero-order valence-electron chi connectivity index (χ0n) is 18.7. The number of amides is 2. The van der Waals surface area contributed by atoms with Crippen LogP contribution in [0.1, 0.15) is 32.2 Å². The number of rotatable bonds is 7. The number of hydrogen-bond acceptors (Lipinski definition) is 7. The molecule has 2 aromatic carbocycles. The number of nitrogens with zero attached hydrogens (tertiary/aromatic N) is 2. The molecule has 4 aromatic rings. The number of carbonyl (C=O) groups is 2. The molecule has 0 bridgehead atoms. The molecule has 0 spiro atoms. The normalized spacial score (nSPS) is 10.9. The molecule has 33 heavy (non-hydrogen) atoms. The predicted octanol–water partition coefficient (Wildman–Crippen LogP) is 5.45. The molecule has 0 atom stereocenters. The third-order valence-corrected chi connectivity index (χ3v) is 7.11. The lowest BCUT2D eigenvalue weighted by Gasteiger charge is -2.14. The van der Waals surface area contributed by atoms with Crippen molar-refractivity contribution in [3.63, 3.8) is 0 Å². The van der Waals surface area contributed by atoms with E-state index in [0.29, 0.717) is 28.3 Å². The Bertz CT molecular complexity index is 1330. The van der Waals surface area contributed by atoms with E-state index in [4.69, 9.17) is 9.15 Å². The maximum absolute atomic E-state index is 13.3. The fourth-order valence-electron chi connectivity index (χ4n) is 3.33. The number of fused-ring (bicyclic) bond motifs is 1. The predicted molar refractivity (Wildman–Crippen MR) is 132 cm³/mol. The van der Waals surface area contributed by atoms with E-state index in [9.17, 15) is 9.59 Å². The van der Waals surface area contributed by atoms with Crippen molar-refractivity contribution in [2.75, 3.05) is 26.5 Å². The number of para-hydroxylation sites is 1. The Balaban J connectivity index is 1.67. The Hall–Kier alpha value is -3.30. The molecule has 9 heteroatoms. The van der Waals surface area contributed by atoms with Crippen molar-refractivity contribution in [1.82, 2.24) is 9.88 Å². The van der Waals surface area contributed by atoms with E-state index in [1.165, 1.54) is 12.0 Å². The van der Waals surface area contributed by atoms with Crippen molar-refractivity contribution in [1.29, 1.82) is 0 Å². The van der Waals surface area contributed by atoms with Crippen molar-refractivity contribution in [2.24, 2.45) is 0 Å². The summed E-state index contributed by atoms with van der Waals surface area (Å²) in [6.45, 7) is 1.95. The molecule has 7 nitrogen and oxygen atoms in total. The van der Waals surface area contributed by atoms with Crippen molar-refractivity contribution in [2.45, 2.75) is 17.0 Å². The molecule has 0 saturated carbocycles. The first-order chi connectivity index (χ1) is 15.9. The van der Waals surface area contributed by atoms with Gasteiger partial charge < -0.3 is 19.4 Å². The molecular weight excluding hydrogens is 458 g/mol. The highest BCUT2D eigenvalue weighted by Gasteiger charge is 2.23. The number of carbonyl (C=O) groups excluding carboxylic acids is 2. The van der Waals surface area contributed by atoms with Crippen LogP contribution >= 0.6 is 23.1 Å². The maximum atomic E-state index is 13.3. The fraction of sp³-hybridized carbons (Fsp3) is 0.208. The number of benzene rings is 2. The Morgan fingerprint density at radius 1 is 1.21 bits per heavy atom. The monoisotopic (exact) mass is 481 g/mol. The van der Waals surface area contributed by atoms with Gasteiger partial charge in [0.15, 0.2) is 5.76 Å². The number of thiazole rings is 1. The maximum Gasteiger partial charge on any atom is 0.291 e. The minimum atomic E-state index is -0.412. The Labute approximate surface area is 199 Å². The molecule has 0 aliphatic rings. The molecular formula is C24H23N3O4S2. The van der Waals surface area contributed by atoms with Crippen LogP contribution in [-0.4, -0.2) is 42.9 Å². The number of aryl methyl sites for hydroxylation is 1. The molecule has 1 N–H and O–H groups in total. The summed E-state index contributed by atoms with van der Waals surface area (Å²) in [5, 5.41) is 5.74. The molecule has 170 valence electrons. The van der Waals surface area contributed by atoms with Gasteiger partial charge in [-0.2, -0.15) is 0 Å². The number of methoxy groups -OCH3 is 1. The van der Waals surface area contributed by atoms with Crippen molar-refractivity contribution in [3.8, 4) is 5.75 Å². The smallest absolute Gasteiger partial charge is 0.291 e. The zero-order valence-corrected chi connectivity index (χ0v) is 20.3. The summed E-state index contributed by atoms with van der Waals surface area (Å²) < 4.78 is 12.3. The number of nitrogens with one attached hydrogen (secondary N) is 1. The molecule has 0 aliphatic heterocycles. The van der Waals surface area contributed by atoms with Gasteiger partial charge in [0.05, 0.1) is 12.8 Å². The SMILES string of the molecule is COc1ccc(C(=O)N(C)C)cc1NC(=O)c1oc2ccccc2c1CSc1nc(C)cs1. The van der Waals surface area contributed by atoms with Gasteiger partial charge in [0.2, 0.25) is 0 Å². The van der Waals surface area contributed by atoms with E-state index >= 15 is 0 Å². The van der Waals surface area contributed by atoms with Gasteiger partial charge in [-0.05, 0) is 31.2 Å². The number of ether oxygens (including phenoxy) is 1. The molecule has 0 radical (unpaired) electrons. The summed E-state index contributed by atoms with van der Waals surface area (Å²) >= 11 is 3.13. The van der Waals surface area contributed by atoms with E-state index in [1.54, 1.807) is 55.4 Å². The highest BCUT2D eigenvalue weighted by Crippen LogP contribution is 2.34. The second-order valence-electron chi connectivity index (χ2n) is 7.52. The minimum Gasteiger partial charge on any atom is -0.495 e. The van der Waals surface area contributed by atoms with Gasteiger partial charge in [-0.3, -0.25) is 9.59 Å². The first kappa shape index (κ1) is 22.9. The molecule has 2 heterocycles. The number of furan rings is 1. The highest BCUT2D eigenvalue weighted by molar-refractivity contribution is 8.00. The minimum absolute atomic E-state index is 0.173. The highest BCUT2D eigenvalue weighted by atomic mass is 32.2. The number of hydrogen-bond donors (Lipinski definition) is 1. The third kappa shape index (κ3) is 4.89. The van der Waals surface area contributed by atoms with Crippen molar-refractivity contribution < 1.29 is 18.7 Å². The lowest BCUT2D eigenvalue weighted by Crippen LogP contribution is -2.22. The topological polar surface area (TPSA) is 84.7 Å². The van der Waals surface area contributed by atoms with E-state index in [0.717, 1.165) is 21.0 Å². The second-order valence-corrected chi connectivity index (χ2v) is 9.60. The van der Waals surface area contributed by atoms with Crippen LogP contribution in [0.5, 0.6) is 5.75 Å². The summed E-state index contributed by atoms with van der Waals surface area (Å²) in [7, 11) is 4.86. The summed E-state index contributed by atoms with van der Waals surface area (Å²) in [6, 6.07) is 12.5. The summed E-state index contributed by atoms with van der Waals surface area (Å²) in [5.41, 5.74) is 3.23. The first-order valence-electron chi connectivity index (χ1n) is 10.1. The molecule has 2 amide bonds. The Morgan fingerprint density at radius 2 is 2.00 bits per heavy atom. The van der Waals surface area contributed by atoms with Crippen LogP contribution in [0.3, 0.4) is 0 Å². The lowest BCUT2D eigenvalue weighted by atomic mass is 10.1. The Morgan fingerprint density at radius 3 is 2.70 bits per heavy atom. The average Bonchev–Trinajstić information content (AvgIpc) is 3.40. The van der Waals surface area contributed by atoms with Crippen LogP contribution in [0.4, 0.5) is 5.69 Å². The van der Waals surface area contributed by atoms with Gasteiger partial charge in [-0.15, -0.1) is 11.3 Å². The lowest BCUT2D eigenvalue weighted by molar-refractivity contribution is 0.0827. The number of thioether (sulfide) groups is 1. The van der Waals surface area contributed by atoms with Crippen LogP contribution in [0, 0.1) is 6.92 Å². The molecule has 0 aliphatic carbocycles. The number of anilines is 1. The standard InChI is InChI=1S/C24H23N3O4S2/c1-14-12-32-24(25-14)33-13-17-16-7-5-6-8-19(16)31-21(17)22(28)26-18-11-15(23(29)27(2)3)9-10-20(18)30-4/h5-12H,13H2,1-4H3,(H,26,28).